The van der Waals surface area contributed by atoms with Crippen molar-refractivity contribution < 1.29 is 9.72 Å². The number of thioether (sulfide) groups is 1. The van der Waals surface area contributed by atoms with Gasteiger partial charge in [0.1, 0.15) is 0 Å². The van der Waals surface area contributed by atoms with Gasteiger partial charge in [0.25, 0.3) is 11.6 Å². The van der Waals surface area contributed by atoms with E-state index in [0.717, 1.165) is 28.2 Å². The number of nitrogens with zero attached hydrogens (tertiary/aromatic N) is 3. The summed E-state index contributed by atoms with van der Waals surface area (Å²) in [6, 6.07) is 16.2. The normalized spacial score (nSPS) is 16.2. The third kappa shape index (κ3) is 4.29. The summed E-state index contributed by atoms with van der Waals surface area (Å²) in [7, 11) is 0. The lowest BCUT2D eigenvalue weighted by Gasteiger charge is -2.09. The van der Waals surface area contributed by atoms with Crippen LogP contribution in [0.2, 0.25) is 0 Å². The average Bonchev–Trinajstić information content (AvgIpc) is 3.20. The minimum atomic E-state index is -0.408. The number of hydrogen-bond acceptors (Lipinski definition) is 5. The van der Waals surface area contributed by atoms with Crippen molar-refractivity contribution in [1.82, 2.24) is 9.88 Å². The highest BCUT2D eigenvalue weighted by Gasteiger charge is 2.24. The van der Waals surface area contributed by atoms with Gasteiger partial charge in [-0.25, -0.2) is 4.99 Å². The first kappa shape index (κ1) is 20.6. The van der Waals surface area contributed by atoms with Crippen molar-refractivity contribution in [2.45, 2.75) is 20.8 Å². The summed E-state index contributed by atoms with van der Waals surface area (Å²) in [6.07, 6.45) is 1.83. The van der Waals surface area contributed by atoms with E-state index in [2.05, 4.69) is 10.3 Å². The molecular weight excluding hydrogens is 412 g/mol. The molecule has 1 saturated heterocycles. The van der Waals surface area contributed by atoms with Crippen LogP contribution in [0, 0.1) is 30.9 Å². The fourth-order valence-electron chi connectivity index (χ4n) is 3.51. The number of aliphatic imine (C=N–C) groups is 1. The van der Waals surface area contributed by atoms with Gasteiger partial charge in [-0.05, 0) is 74.0 Å². The van der Waals surface area contributed by atoms with Crippen LogP contribution in [0.5, 0.6) is 0 Å². The molecule has 1 aliphatic rings. The molecule has 1 amide bonds. The van der Waals surface area contributed by atoms with E-state index < -0.39 is 4.92 Å². The molecular formula is C23H20N4O3S. The number of hydrogen-bond donors (Lipinski definition) is 1. The van der Waals surface area contributed by atoms with Crippen LogP contribution < -0.4 is 5.32 Å². The van der Waals surface area contributed by atoms with E-state index in [-0.39, 0.29) is 11.6 Å². The highest BCUT2D eigenvalue weighted by Crippen LogP contribution is 2.31. The van der Waals surface area contributed by atoms with Gasteiger partial charge >= 0.3 is 0 Å². The molecule has 1 aromatic heterocycles. The molecule has 1 N–H and O–H groups in total. The number of amidine groups is 1. The van der Waals surface area contributed by atoms with Crippen LogP contribution in [0.3, 0.4) is 0 Å². The van der Waals surface area contributed by atoms with E-state index in [1.54, 1.807) is 12.1 Å². The summed E-state index contributed by atoms with van der Waals surface area (Å²) in [5, 5.41) is 14.5. The Kier molecular flexibility index (Phi) is 5.48. The number of amides is 1. The molecule has 1 fully saturated rings. The lowest BCUT2D eigenvalue weighted by atomic mass is 10.2. The molecule has 0 atom stereocenters. The van der Waals surface area contributed by atoms with Gasteiger partial charge in [0.05, 0.1) is 21.2 Å². The maximum atomic E-state index is 12.5. The van der Waals surface area contributed by atoms with Gasteiger partial charge in [-0.15, -0.1) is 0 Å². The van der Waals surface area contributed by atoms with Crippen molar-refractivity contribution >= 4 is 40.3 Å². The van der Waals surface area contributed by atoms with Crippen LogP contribution in [-0.4, -0.2) is 20.6 Å². The topological polar surface area (TPSA) is 89.5 Å². The zero-order chi connectivity index (χ0) is 22.1. The molecule has 3 aromatic rings. The highest BCUT2D eigenvalue weighted by atomic mass is 32.2. The maximum absolute atomic E-state index is 12.5. The number of nitro groups is 1. The predicted molar refractivity (Wildman–Crippen MR) is 124 cm³/mol. The second kappa shape index (κ2) is 8.23. The van der Waals surface area contributed by atoms with Crippen molar-refractivity contribution in [3.63, 3.8) is 0 Å². The van der Waals surface area contributed by atoms with E-state index in [4.69, 9.17) is 0 Å². The molecule has 7 nitrogen and oxygen atoms in total. The Morgan fingerprint density at radius 3 is 2.61 bits per heavy atom. The van der Waals surface area contributed by atoms with Crippen LogP contribution in [0.1, 0.15) is 22.5 Å². The molecule has 8 heteroatoms. The third-order valence-corrected chi connectivity index (χ3v) is 5.85. The second-order valence-electron chi connectivity index (χ2n) is 7.26. The Morgan fingerprint density at radius 1 is 1.10 bits per heavy atom. The van der Waals surface area contributed by atoms with Crippen molar-refractivity contribution in [3.8, 4) is 5.69 Å². The fraction of sp³-hybridized carbons (Fsp3) is 0.130. The summed E-state index contributed by atoms with van der Waals surface area (Å²) < 4.78 is 1.94. The second-order valence-corrected chi connectivity index (χ2v) is 8.29. The van der Waals surface area contributed by atoms with Gasteiger partial charge in [0.15, 0.2) is 5.17 Å². The Morgan fingerprint density at radius 2 is 1.87 bits per heavy atom. The zero-order valence-electron chi connectivity index (χ0n) is 17.2. The van der Waals surface area contributed by atoms with E-state index >= 15 is 0 Å². The first-order valence-corrected chi connectivity index (χ1v) is 10.4. The van der Waals surface area contributed by atoms with Crippen LogP contribution in [0.4, 0.5) is 11.4 Å². The van der Waals surface area contributed by atoms with Crippen molar-refractivity contribution in [1.29, 1.82) is 0 Å². The minimum absolute atomic E-state index is 0.0348. The predicted octanol–water partition coefficient (Wildman–Crippen LogP) is 5.20. The Balaban J connectivity index is 1.65. The largest absolute Gasteiger partial charge is 0.318 e. The van der Waals surface area contributed by atoms with Crippen molar-refractivity contribution in [2.75, 3.05) is 0 Å². The number of aromatic nitrogens is 1. The van der Waals surface area contributed by atoms with Crippen LogP contribution in [0.25, 0.3) is 11.8 Å². The summed E-state index contributed by atoms with van der Waals surface area (Å²) in [5.74, 6) is -0.198. The number of nitrogens with one attached hydrogen (secondary N) is 1. The number of carbonyl (C=O) groups is 1. The smallest absolute Gasteiger partial charge is 0.271 e. The molecule has 4 rings (SSSR count). The van der Waals surface area contributed by atoms with E-state index in [0.29, 0.717) is 15.8 Å². The third-order valence-electron chi connectivity index (χ3n) is 4.94. The number of rotatable bonds is 4. The number of nitro benzene ring substituents is 1. The quantitative estimate of drug-likeness (QED) is 0.348. The number of carbonyl (C=O) groups excluding carboxylic acids is 1. The first-order chi connectivity index (χ1) is 14.8. The fourth-order valence-corrected chi connectivity index (χ4v) is 4.35. The van der Waals surface area contributed by atoms with Crippen LogP contribution >= 0.6 is 11.8 Å². The van der Waals surface area contributed by atoms with Gasteiger partial charge in [0.2, 0.25) is 0 Å². The van der Waals surface area contributed by atoms with E-state index in [1.807, 2.05) is 67.8 Å². The van der Waals surface area contributed by atoms with Crippen LogP contribution in [0.15, 0.2) is 64.5 Å². The molecule has 0 unspecified atom stereocenters. The van der Waals surface area contributed by atoms with Gasteiger partial charge in [-0.2, -0.15) is 0 Å². The highest BCUT2D eigenvalue weighted by molar-refractivity contribution is 8.18. The van der Waals surface area contributed by atoms with Gasteiger partial charge in [-0.3, -0.25) is 14.9 Å². The minimum Gasteiger partial charge on any atom is -0.318 e. The molecule has 2 aromatic carbocycles. The SMILES string of the molecule is Cc1cccc(N=C2NC(=O)/C(=C\c3cc(C)n(-c4cccc([N+](=O)[O-])c4)c3C)S2)c1. The lowest BCUT2D eigenvalue weighted by Crippen LogP contribution is -2.19. The summed E-state index contributed by atoms with van der Waals surface area (Å²) in [5.41, 5.74) is 5.31. The standard InChI is InChI=1S/C23H20N4O3S/c1-14-6-4-7-18(10-14)24-23-25-22(28)21(31-23)12-17-11-15(2)26(16(17)3)19-8-5-9-20(13-19)27(29)30/h4-13H,1-3H3,(H,24,25,28)/b21-12+. The summed E-state index contributed by atoms with van der Waals surface area (Å²) >= 11 is 1.29. The molecule has 0 saturated carbocycles. The van der Waals surface area contributed by atoms with Crippen LogP contribution in [-0.2, 0) is 4.79 Å². The van der Waals surface area contributed by atoms with Gasteiger partial charge < -0.3 is 9.88 Å². The molecule has 0 bridgehead atoms. The Labute approximate surface area is 183 Å². The number of aryl methyl sites for hydroxylation is 2. The van der Waals surface area contributed by atoms with E-state index in [1.165, 1.54) is 17.8 Å². The van der Waals surface area contributed by atoms with Gasteiger partial charge in [-0.1, -0.05) is 18.2 Å². The average molecular weight is 433 g/mol. The van der Waals surface area contributed by atoms with E-state index in [9.17, 15) is 14.9 Å². The number of non-ortho nitro benzene ring substituents is 1. The van der Waals surface area contributed by atoms with Gasteiger partial charge in [0, 0.05) is 23.5 Å². The molecule has 0 radical (unpaired) electrons. The summed E-state index contributed by atoms with van der Waals surface area (Å²) in [6.45, 7) is 5.85. The molecule has 0 spiro atoms. The monoisotopic (exact) mass is 432 g/mol. The Bertz CT molecular complexity index is 1270. The first-order valence-electron chi connectivity index (χ1n) is 9.62. The number of benzene rings is 2. The summed E-state index contributed by atoms with van der Waals surface area (Å²) in [4.78, 5) is 28.3. The molecule has 156 valence electrons. The molecule has 2 heterocycles. The Hall–Kier alpha value is -3.65. The molecule has 1 aliphatic heterocycles. The lowest BCUT2D eigenvalue weighted by molar-refractivity contribution is -0.384. The molecule has 31 heavy (non-hydrogen) atoms. The van der Waals surface area contributed by atoms with Crippen molar-refractivity contribution in [3.05, 3.63) is 92.1 Å². The maximum Gasteiger partial charge on any atom is 0.271 e. The molecule has 0 aliphatic carbocycles. The zero-order valence-corrected chi connectivity index (χ0v) is 18.1. The van der Waals surface area contributed by atoms with Crippen molar-refractivity contribution in [2.24, 2.45) is 4.99 Å².